The summed E-state index contributed by atoms with van der Waals surface area (Å²) in [7, 11) is 1.21. The molecule has 0 fully saturated rings. The van der Waals surface area contributed by atoms with Crippen molar-refractivity contribution >= 4 is 40.1 Å². The molecule has 0 bridgehead atoms. The molecule has 1 aromatic heterocycles. The van der Waals surface area contributed by atoms with Crippen molar-refractivity contribution in [2.24, 2.45) is 0 Å². The summed E-state index contributed by atoms with van der Waals surface area (Å²) < 4.78 is 6.19. The Morgan fingerprint density at radius 3 is 2.50 bits per heavy atom. The number of fused-ring (bicyclic) bond motifs is 1. The molecule has 0 aliphatic heterocycles. The van der Waals surface area contributed by atoms with Crippen LogP contribution in [0.15, 0.2) is 53.3 Å². The van der Waals surface area contributed by atoms with Gasteiger partial charge in [0, 0.05) is 10.4 Å². The van der Waals surface area contributed by atoms with Gasteiger partial charge in [0.2, 0.25) is 0 Å². The molecule has 2 aromatic carbocycles. The molecular formula is C18H13Cl2NO3. The molecule has 4 nitrogen and oxygen atoms in total. The maximum absolute atomic E-state index is 12.9. The number of halogens is 2. The first-order valence-corrected chi connectivity index (χ1v) is 7.92. The third kappa shape index (κ3) is 2.90. The standard InChI is InChI=1S/C18H13Cl2NO3/c1-24-18(23)15-16(20)13-8-7-12(19)9-14(13)21(17(15)22)10-11-5-3-2-4-6-11/h2-9H,10H2,1H3. The normalized spacial score (nSPS) is 10.8. The van der Waals surface area contributed by atoms with Crippen molar-refractivity contribution in [3.8, 4) is 0 Å². The van der Waals surface area contributed by atoms with E-state index in [1.165, 1.54) is 11.7 Å². The second-order valence-corrected chi connectivity index (χ2v) is 6.03. The zero-order valence-electron chi connectivity index (χ0n) is 12.8. The number of hydrogen-bond acceptors (Lipinski definition) is 3. The summed E-state index contributed by atoms with van der Waals surface area (Å²) in [6, 6.07) is 14.5. The van der Waals surface area contributed by atoms with Crippen molar-refractivity contribution in [2.45, 2.75) is 6.54 Å². The number of nitrogens with zero attached hydrogens (tertiary/aromatic N) is 1. The van der Waals surface area contributed by atoms with Crippen LogP contribution in [0.4, 0.5) is 0 Å². The molecule has 122 valence electrons. The van der Waals surface area contributed by atoms with E-state index in [1.807, 2.05) is 30.3 Å². The smallest absolute Gasteiger partial charge is 0.345 e. The van der Waals surface area contributed by atoms with Crippen LogP contribution < -0.4 is 5.56 Å². The first-order valence-electron chi connectivity index (χ1n) is 7.16. The molecule has 24 heavy (non-hydrogen) atoms. The molecule has 0 aliphatic rings. The summed E-state index contributed by atoms with van der Waals surface area (Å²) in [5, 5.41) is 1.12. The monoisotopic (exact) mass is 361 g/mol. The number of ether oxygens (including phenoxy) is 1. The largest absolute Gasteiger partial charge is 0.465 e. The molecule has 3 aromatic rings. The van der Waals surface area contributed by atoms with Crippen LogP contribution in [0, 0.1) is 0 Å². The predicted octanol–water partition coefficient (Wildman–Crippen LogP) is 4.14. The SMILES string of the molecule is COC(=O)c1c(Cl)c2ccc(Cl)cc2n(Cc2ccccc2)c1=O. The van der Waals surface area contributed by atoms with Crippen LogP contribution in [0.5, 0.6) is 0 Å². The molecule has 0 unspecified atom stereocenters. The van der Waals surface area contributed by atoms with E-state index in [0.29, 0.717) is 15.9 Å². The Balaban J connectivity index is 2.34. The molecule has 0 N–H and O–H groups in total. The first-order chi connectivity index (χ1) is 11.5. The molecule has 0 spiro atoms. The molecule has 6 heteroatoms. The van der Waals surface area contributed by atoms with E-state index in [9.17, 15) is 9.59 Å². The van der Waals surface area contributed by atoms with Gasteiger partial charge in [-0.1, -0.05) is 53.5 Å². The molecule has 0 saturated carbocycles. The zero-order valence-corrected chi connectivity index (χ0v) is 14.3. The fourth-order valence-electron chi connectivity index (χ4n) is 2.59. The minimum atomic E-state index is -0.760. The highest BCUT2D eigenvalue weighted by Crippen LogP contribution is 2.28. The highest BCUT2D eigenvalue weighted by Gasteiger charge is 2.22. The number of rotatable bonds is 3. The van der Waals surface area contributed by atoms with E-state index in [4.69, 9.17) is 27.9 Å². The van der Waals surface area contributed by atoms with E-state index in [2.05, 4.69) is 0 Å². The van der Waals surface area contributed by atoms with Crippen molar-refractivity contribution in [1.29, 1.82) is 0 Å². The third-order valence-corrected chi connectivity index (χ3v) is 4.37. The summed E-state index contributed by atoms with van der Waals surface area (Å²) >= 11 is 12.4. The lowest BCUT2D eigenvalue weighted by Gasteiger charge is -2.14. The number of pyridine rings is 1. The second-order valence-electron chi connectivity index (χ2n) is 5.22. The number of hydrogen-bond donors (Lipinski definition) is 0. The highest BCUT2D eigenvalue weighted by molar-refractivity contribution is 6.38. The molecule has 1 heterocycles. The van der Waals surface area contributed by atoms with Crippen LogP contribution in [0.2, 0.25) is 10.0 Å². The van der Waals surface area contributed by atoms with E-state index >= 15 is 0 Å². The summed E-state index contributed by atoms with van der Waals surface area (Å²) in [6.07, 6.45) is 0. The van der Waals surface area contributed by atoms with E-state index in [0.717, 1.165) is 5.56 Å². The minimum Gasteiger partial charge on any atom is -0.465 e. The van der Waals surface area contributed by atoms with Gasteiger partial charge in [-0.25, -0.2) is 4.79 Å². The van der Waals surface area contributed by atoms with Crippen LogP contribution >= 0.6 is 23.2 Å². The van der Waals surface area contributed by atoms with Crippen molar-refractivity contribution in [3.05, 3.63) is 80.1 Å². The molecular weight excluding hydrogens is 349 g/mol. The maximum atomic E-state index is 12.9. The van der Waals surface area contributed by atoms with Crippen molar-refractivity contribution < 1.29 is 9.53 Å². The van der Waals surface area contributed by atoms with Crippen LogP contribution in [0.25, 0.3) is 10.9 Å². The number of benzene rings is 2. The molecule has 0 saturated heterocycles. The molecule has 0 amide bonds. The Bertz CT molecular complexity index is 981. The fraction of sp³-hybridized carbons (Fsp3) is 0.111. The third-order valence-electron chi connectivity index (χ3n) is 3.74. The lowest BCUT2D eigenvalue weighted by Crippen LogP contribution is -2.28. The van der Waals surface area contributed by atoms with E-state index in [-0.39, 0.29) is 17.1 Å². The summed E-state index contributed by atoms with van der Waals surface area (Å²) in [4.78, 5) is 24.9. The number of aromatic nitrogens is 1. The van der Waals surface area contributed by atoms with E-state index in [1.54, 1.807) is 18.2 Å². The lowest BCUT2D eigenvalue weighted by molar-refractivity contribution is 0.0598. The van der Waals surface area contributed by atoms with Gasteiger partial charge in [-0.05, 0) is 23.8 Å². The van der Waals surface area contributed by atoms with Gasteiger partial charge in [0.25, 0.3) is 5.56 Å². The van der Waals surface area contributed by atoms with E-state index < -0.39 is 11.5 Å². The van der Waals surface area contributed by atoms with Gasteiger partial charge in [0.15, 0.2) is 0 Å². The Labute approximate surface area is 148 Å². The molecule has 3 rings (SSSR count). The summed E-state index contributed by atoms with van der Waals surface area (Å²) in [5.41, 5.74) is 0.795. The highest BCUT2D eigenvalue weighted by atomic mass is 35.5. The number of esters is 1. The fourth-order valence-corrected chi connectivity index (χ4v) is 3.07. The van der Waals surface area contributed by atoms with Gasteiger partial charge < -0.3 is 9.30 Å². The Morgan fingerprint density at radius 1 is 1.12 bits per heavy atom. The summed E-state index contributed by atoms with van der Waals surface area (Å²) in [5.74, 6) is -0.760. The van der Waals surface area contributed by atoms with Crippen molar-refractivity contribution in [1.82, 2.24) is 4.57 Å². The van der Waals surface area contributed by atoms with Gasteiger partial charge in [-0.2, -0.15) is 0 Å². The van der Waals surface area contributed by atoms with Gasteiger partial charge in [-0.15, -0.1) is 0 Å². The van der Waals surface area contributed by atoms with Gasteiger partial charge in [0.05, 0.1) is 24.2 Å². The van der Waals surface area contributed by atoms with Gasteiger partial charge in [-0.3, -0.25) is 4.79 Å². The number of methoxy groups -OCH3 is 1. The summed E-state index contributed by atoms with van der Waals surface area (Å²) in [6.45, 7) is 0.289. The lowest BCUT2D eigenvalue weighted by atomic mass is 10.1. The Hall–Kier alpha value is -2.30. The van der Waals surface area contributed by atoms with Crippen molar-refractivity contribution in [2.75, 3.05) is 7.11 Å². The molecule has 0 aliphatic carbocycles. The van der Waals surface area contributed by atoms with Crippen LogP contribution in [0.1, 0.15) is 15.9 Å². The average molecular weight is 362 g/mol. The van der Waals surface area contributed by atoms with Crippen LogP contribution in [-0.4, -0.2) is 17.6 Å². The van der Waals surface area contributed by atoms with Crippen molar-refractivity contribution in [3.63, 3.8) is 0 Å². The molecule has 0 atom stereocenters. The van der Waals surface area contributed by atoms with Crippen LogP contribution in [0.3, 0.4) is 0 Å². The van der Waals surface area contributed by atoms with Gasteiger partial charge in [0.1, 0.15) is 5.56 Å². The quantitative estimate of drug-likeness (QED) is 0.658. The Morgan fingerprint density at radius 2 is 1.83 bits per heavy atom. The topological polar surface area (TPSA) is 48.3 Å². The predicted molar refractivity (Wildman–Crippen MR) is 95.1 cm³/mol. The Kier molecular flexibility index (Phi) is 4.60. The number of carbonyl (C=O) groups is 1. The second kappa shape index (κ2) is 6.67. The zero-order chi connectivity index (χ0) is 17.3. The minimum absolute atomic E-state index is 0.0721. The average Bonchev–Trinajstić information content (AvgIpc) is 2.59. The first kappa shape index (κ1) is 16.6. The maximum Gasteiger partial charge on any atom is 0.345 e. The number of carbonyl (C=O) groups excluding carboxylic acids is 1. The van der Waals surface area contributed by atoms with Crippen LogP contribution in [-0.2, 0) is 11.3 Å². The van der Waals surface area contributed by atoms with Gasteiger partial charge >= 0.3 is 5.97 Å². The molecule has 0 radical (unpaired) electrons.